The van der Waals surface area contributed by atoms with Gasteiger partial charge in [0, 0.05) is 5.92 Å². The Morgan fingerprint density at radius 1 is 1.44 bits per heavy atom. The van der Waals surface area contributed by atoms with E-state index in [4.69, 9.17) is 6.58 Å². The molecule has 0 nitrogen and oxygen atoms in total. The second kappa shape index (κ2) is 2.80. The molecule has 0 heterocycles. The van der Waals surface area contributed by atoms with E-state index in [2.05, 4.69) is 27.4 Å². The van der Waals surface area contributed by atoms with E-state index in [0.717, 1.165) is 0 Å². The molecule has 1 unspecified atom stereocenters. The Hall–Kier alpha value is -0.610. The first kappa shape index (κ1) is 8.39. The molecule has 1 atom stereocenters. The van der Waals surface area contributed by atoms with Crippen molar-refractivity contribution in [3.8, 4) is 0 Å². The van der Waals surface area contributed by atoms with Crippen molar-refractivity contribution in [2.24, 2.45) is 11.3 Å². The van der Waals surface area contributed by atoms with Crippen LogP contribution in [0.4, 0.5) is 0 Å². The third-order valence-electron chi connectivity index (χ3n) is 1.46. The second-order valence-corrected chi connectivity index (χ2v) is 3.32. The minimum atomic E-state index is 0.219. The molecule has 0 rings (SSSR count). The van der Waals surface area contributed by atoms with E-state index in [1.807, 2.05) is 6.08 Å². The molecular weight excluding hydrogens is 108 g/mol. The maximum atomic E-state index is 5.37. The maximum Gasteiger partial charge on any atom is 0.202 e. The quantitative estimate of drug-likeness (QED) is 0.391. The summed E-state index contributed by atoms with van der Waals surface area (Å²) in [5.41, 5.74) is 0.219. The molecule has 0 N–H and O–H groups in total. The van der Waals surface area contributed by atoms with Gasteiger partial charge in [0.25, 0.3) is 0 Å². The van der Waals surface area contributed by atoms with Crippen molar-refractivity contribution in [3.05, 3.63) is 25.3 Å². The molecule has 0 spiro atoms. The summed E-state index contributed by atoms with van der Waals surface area (Å²) in [6.07, 6.45) is 3.56. The molecule has 0 aromatic rings. The van der Waals surface area contributed by atoms with Crippen LogP contribution in [-0.2, 0) is 0 Å². The van der Waals surface area contributed by atoms with Crippen molar-refractivity contribution in [1.82, 2.24) is 0 Å². The molecule has 0 aliphatic rings. The Bertz CT molecular complexity index is 95.7. The summed E-state index contributed by atoms with van der Waals surface area (Å²) in [5, 5.41) is 0. The summed E-state index contributed by atoms with van der Waals surface area (Å²) in [4.78, 5) is 0. The monoisotopic (exact) mass is 123 g/mol. The number of hydrogen-bond acceptors (Lipinski definition) is 0. The van der Waals surface area contributed by atoms with Crippen LogP contribution in [0.5, 0.6) is 0 Å². The predicted molar refractivity (Wildman–Crippen MR) is 42.0 cm³/mol. The highest BCUT2D eigenvalue weighted by Crippen LogP contribution is 2.26. The lowest BCUT2D eigenvalue weighted by molar-refractivity contribution is 0.344. The van der Waals surface area contributed by atoms with Crippen LogP contribution in [-0.4, -0.2) is 0 Å². The molecule has 0 radical (unpaired) electrons. The van der Waals surface area contributed by atoms with Gasteiger partial charge in [-0.3, -0.25) is 0 Å². The van der Waals surface area contributed by atoms with E-state index in [1.54, 1.807) is 6.08 Å². The molecule has 0 aliphatic heterocycles. The van der Waals surface area contributed by atoms with Crippen LogP contribution in [0.2, 0.25) is 0 Å². The van der Waals surface area contributed by atoms with E-state index in [9.17, 15) is 0 Å². The van der Waals surface area contributed by atoms with E-state index in [1.165, 1.54) is 0 Å². The Labute approximate surface area is 58.3 Å². The first-order chi connectivity index (χ1) is 4.02. The van der Waals surface area contributed by atoms with Crippen LogP contribution in [0.25, 0.3) is 0 Å². The average Bonchev–Trinajstić information content (AvgIpc) is 1.65. The zero-order valence-corrected chi connectivity index (χ0v) is 6.52. The molecule has 50 valence electrons. The Balaban J connectivity index is 4.11. The van der Waals surface area contributed by atoms with Gasteiger partial charge in [-0.15, -0.1) is 6.58 Å². The summed E-state index contributed by atoms with van der Waals surface area (Å²) < 4.78 is 0. The van der Waals surface area contributed by atoms with Gasteiger partial charge < -0.3 is 0 Å². The molecule has 0 saturated carbocycles. The maximum absolute atomic E-state index is 5.37. The van der Waals surface area contributed by atoms with Crippen LogP contribution in [0.3, 0.4) is 0 Å². The lowest BCUT2D eigenvalue weighted by atomic mass is 9.81. The van der Waals surface area contributed by atoms with Crippen molar-refractivity contribution < 1.29 is 0 Å². The summed E-state index contributed by atoms with van der Waals surface area (Å²) >= 11 is 0. The SMILES string of the molecule is [CH+]=CC(C=C)C(C)(C)C. The van der Waals surface area contributed by atoms with Crippen molar-refractivity contribution in [2.45, 2.75) is 20.8 Å². The van der Waals surface area contributed by atoms with Crippen molar-refractivity contribution in [1.29, 1.82) is 0 Å². The van der Waals surface area contributed by atoms with E-state index in [0.29, 0.717) is 5.92 Å². The fraction of sp³-hybridized carbons (Fsp3) is 0.556. The van der Waals surface area contributed by atoms with Gasteiger partial charge in [0.1, 0.15) is 0 Å². The Kier molecular flexibility index (Phi) is 2.61. The summed E-state index contributed by atoms with van der Waals surface area (Å²) in [5.74, 6) is 0.317. The van der Waals surface area contributed by atoms with Crippen molar-refractivity contribution >= 4 is 0 Å². The molecule has 0 heteroatoms. The standard InChI is InChI=1S/C9H15/c1-6-8(7-2)9(3,4)5/h1,6-8H,2H2,3-5H3/q+1. The first-order valence-corrected chi connectivity index (χ1v) is 3.20. The fourth-order valence-corrected chi connectivity index (χ4v) is 0.721. The Morgan fingerprint density at radius 3 is 1.89 bits per heavy atom. The summed E-state index contributed by atoms with van der Waals surface area (Å²) in [6, 6.07) is 0. The summed E-state index contributed by atoms with van der Waals surface area (Å²) in [6.45, 7) is 15.5. The van der Waals surface area contributed by atoms with Gasteiger partial charge in [-0.05, 0) is 5.41 Å². The molecule has 0 aliphatic carbocycles. The van der Waals surface area contributed by atoms with Gasteiger partial charge in [0.15, 0.2) is 6.08 Å². The minimum Gasteiger partial charge on any atom is -0.102 e. The van der Waals surface area contributed by atoms with Gasteiger partial charge >= 0.3 is 0 Å². The third-order valence-corrected chi connectivity index (χ3v) is 1.46. The lowest BCUT2D eigenvalue weighted by Crippen LogP contribution is -2.15. The highest BCUT2D eigenvalue weighted by Gasteiger charge is 2.21. The zero-order chi connectivity index (χ0) is 7.49. The van der Waals surface area contributed by atoms with Crippen LogP contribution in [0, 0.1) is 17.9 Å². The summed E-state index contributed by atoms with van der Waals surface area (Å²) in [7, 11) is 0. The fourth-order valence-electron chi connectivity index (χ4n) is 0.721. The normalized spacial score (nSPS) is 14.4. The van der Waals surface area contributed by atoms with Crippen molar-refractivity contribution in [2.75, 3.05) is 0 Å². The predicted octanol–water partition coefficient (Wildman–Crippen LogP) is 2.82. The molecule has 0 saturated heterocycles. The highest BCUT2D eigenvalue weighted by atomic mass is 14.2. The number of hydrogen-bond donors (Lipinski definition) is 0. The molecule has 0 fully saturated rings. The average molecular weight is 123 g/mol. The molecule has 0 aromatic heterocycles. The smallest absolute Gasteiger partial charge is 0.102 e. The molecule has 0 amide bonds. The van der Waals surface area contributed by atoms with E-state index >= 15 is 0 Å². The lowest BCUT2D eigenvalue weighted by Gasteiger charge is -2.21. The van der Waals surface area contributed by atoms with Crippen LogP contribution in [0.15, 0.2) is 18.7 Å². The highest BCUT2D eigenvalue weighted by molar-refractivity contribution is 4.97. The zero-order valence-electron chi connectivity index (χ0n) is 6.52. The first-order valence-electron chi connectivity index (χ1n) is 3.20. The number of allylic oxidation sites excluding steroid dienone is 2. The number of rotatable bonds is 2. The second-order valence-electron chi connectivity index (χ2n) is 3.32. The molecule has 9 heavy (non-hydrogen) atoms. The van der Waals surface area contributed by atoms with Gasteiger partial charge in [0.2, 0.25) is 6.58 Å². The van der Waals surface area contributed by atoms with Gasteiger partial charge in [-0.2, -0.15) is 0 Å². The third kappa shape index (κ3) is 2.43. The molecule has 0 aromatic carbocycles. The Morgan fingerprint density at radius 2 is 1.89 bits per heavy atom. The minimum absolute atomic E-state index is 0.219. The molecular formula is C9H15+. The van der Waals surface area contributed by atoms with E-state index in [-0.39, 0.29) is 5.41 Å². The van der Waals surface area contributed by atoms with Gasteiger partial charge in [-0.1, -0.05) is 26.8 Å². The van der Waals surface area contributed by atoms with Crippen LogP contribution >= 0.6 is 0 Å². The topological polar surface area (TPSA) is 0 Å². The van der Waals surface area contributed by atoms with Crippen LogP contribution < -0.4 is 0 Å². The van der Waals surface area contributed by atoms with Crippen LogP contribution in [0.1, 0.15) is 20.8 Å². The largest absolute Gasteiger partial charge is 0.202 e. The van der Waals surface area contributed by atoms with E-state index < -0.39 is 0 Å². The van der Waals surface area contributed by atoms with Gasteiger partial charge in [0.05, 0.1) is 0 Å². The van der Waals surface area contributed by atoms with Crippen molar-refractivity contribution in [3.63, 3.8) is 0 Å². The van der Waals surface area contributed by atoms with Gasteiger partial charge in [-0.25, -0.2) is 0 Å². The molecule has 0 bridgehead atoms.